The number of nitro benzene ring substituents is 1. The number of carbonyl (C=O) groups excluding carboxylic acids is 1. The third-order valence-electron chi connectivity index (χ3n) is 2.40. The predicted molar refractivity (Wildman–Crippen MR) is 69.9 cm³/mol. The number of hydrogen-bond acceptors (Lipinski definition) is 6. The van der Waals surface area contributed by atoms with E-state index in [1.807, 2.05) is 0 Å². The van der Waals surface area contributed by atoms with E-state index in [2.05, 4.69) is 4.74 Å². The van der Waals surface area contributed by atoms with Crippen molar-refractivity contribution >= 4 is 33.3 Å². The third kappa shape index (κ3) is 3.44. The minimum atomic E-state index is -4.05. The Morgan fingerprint density at radius 1 is 1.50 bits per heavy atom. The quantitative estimate of drug-likeness (QED) is 0.455. The molecule has 0 saturated heterocycles. The minimum Gasteiger partial charge on any atom is -0.468 e. The van der Waals surface area contributed by atoms with E-state index >= 15 is 0 Å². The third-order valence-corrected chi connectivity index (χ3v) is 4.52. The first kappa shape index (κ1) is 16.3. The number of hydrogen-bond donors (Lipinski definition) is 0. The number of methoxy groups -OCH3 is 1. The summed E-state index contributed by atoms with van der Waals surface area (Å²) in [6, 6.07) is 3.07. The number of carbonyl (C=O) groups is 1. The largest absolute Gasteiger partial charge is 0.468 e. The number of nitro groups is 1. The molecule has 0 aromatic heterocycles. The van der Waals surface area contributed by atoms with Crippen LogP contribution in [0.2, 0.25) is 5.02 Å². The highest BCUT2D eigenvalue weighted by molar-refractivity contribution is 7.89. The van der Waals surface area contributed by atoms with Gasteiger partial charge in [-0.15, -0.1) is 0 Å². The molecule has 1 rings (SSSR count). The van der Waals surface area contributed by atoms with Crippen LogP contribution in [0.5, 0.6) is 0 Å². The Bertz CT molecular complexity index is 645. The molecule has 1 aromatic carbocycles. The zero-order valence-electron chi connectivity index (χ0n) is 10.6. The molecule has 0 fully saturated rings. The number of halogens is 1. The number of esters is 1. The first-order valence-electron chi connectivity index (χ1n) is 5.17. The summed E-state index contributed by atoms with van der Waals surface area (Å²) in [5.41, 5.74) is -0.529. The van der Waals surface area contributed by atoms with Gasteiger partial charge < -0.3 is 4.74 Å². The van der Waals surface area contributed by atoms with Crippen molar-refractivity contribution in [1.29, 1.82) is 0 Å². The molecular formula is C10H11ClN2O6S. The van der Waals surface area contributed by atoms with Crippen LogP contribution in [0.1, 0.15) is 0 Å². The van der Waals surface area contributed by atoms with Gasteiger partial charge >= 0.3 is 5.97 Å². The zero-order chi connectivity index (χ0) is 15.5. The summed E-state index contributed by atoms with van der Waals surface area (Å²) in [5, 5.41) is 10.6. The first-order chi connectivity index (χ1) is 9.20. The highest BCUT2D eigenvalue weighted by Crippen LogP contribution is 2.28. The molecule has 1 aromatic rings. The van der Waals surface area contributed by atoms with Crippen LogP contribution in [-0.2, 0) is 19.6 Å². The molecular weight excluding hydrogens is 312 g/mol. The molecule has 0 spiro atoms. The van der Waals surface area contributed by atoms with Crippen molar-refractivity contribution in [2.45, 2.75) is 4.90 Å². The Morgan fingerprint density at radius 2 is 2.10 bits per heavy atom. The molecule has 0 aliphatic carbocycles. The predicted octanol–water partition coefficient (Wildman–Crippen LogP) is 1.04. The summed E-state index contributed by atoms with van der Waals surface area (Å²) in [4.78, 5) is 20.7. The summed E-state index contributed by atoms with van der Waals surface area (Å²) in [6.07, 6.45) is 0. The monoisotopic (exact) mass is 322 g/mol. The molecule has 0 radical (unpaired) electrons. The van der Waals surface area contributed by atoms with Gasteiger partial charge in [0.05, 0.1) is 16.9 Å². The number of nitrogens with zero attached hydrogens (tertiary/aromatic N) is 2. The van der Waals surface area contributed by atoms with Gasteiger partial charge in [-0.25, -0.2) is 8.42 Å². The Balaban J connectivity index is 3.19. The Labute approximate surface area is 120 Å². The Kier molecular flexibility index (Phi) is 5.03. The Morgan fingerprint density at radius 3 is 2.60 bits per heavy atom. The molecule has 0 bridgehead atoms. The van der Waals surface area contributed by atoms with E-state index in [9.17, 15) is 23.3 Å². The summed E-state index contributed by atoms with van der Waals surface area (Å²) in [6.45, 7) is -0.505. The molecule has 0 heterocycles. The molecule has 0 amide bonds. The maximum atomic E-state index is 12.1. The van der Waals surface area contributed by atoms with Gasteiger partial charge in [0.25, 0.3) is 5.69 Å². The second-order valence-corrected chi connectivity index (χ2v) is 6.16. The first-order valence-corrected chi connectivity index (χ1v) is 6.99. The van der Waals surface area contributed by atoms with Gasteiger partial charge in [-0.3, -0.25) is 14.9 Å². The molecule has 110 valence electrons. The van der Waals surface area contributed by atoms with Crippen LogP contribution in [0.4, 0.5) is 5.69 Å². The van der Waals surface area contributed by atoms with Crippen molar-refractivity contribution in [3.63, 3.8) is 0 Å². The average Bonchev–Trinajstić information content (AvgIpc) is 2.38. The van der Waals surface area contributed by atoms with Gasteiger partial charge in [-0.05, 0) is 12.1 Å². The molecule has 0 atom stereocenters. The lowest BCUT2D eigenvalue weighted by atomic mass is 10.3. The molecule has 0 aliphatic rings. The highest BCUT2D eigenvalue weighted by Gasteiger charge is 2.26. The van der Waals surface area contributed by atoms with Crippen LogP contribution in [0.15, 0.2) is 23.1 Å². The summed E-state index contributed by atoms with van der Waals surface area (Å²) in [7, 11) is -1.77. The van der Waals surface area contributed by atoms with E-state index < -0.39 is 33.1 Å². The molecule has 20 heavy (non-hydrogen) atoms. The number of benzene rings is 1. The summed E-state index contributed by atoms with van der Waals surface area (Å²) < 4.78 is 29.3. The van der Waals surface area contributed by atoms with Gasteiger partial charge in [0.1, 0.15) is 11.6 Å². The van der Waals surface area contributed by atoms with Crippen molar-refractivity contribution in [3.8, 4) is 0 Å². The van der Waals surface area contributed by atoms with Crippen LogP contribution in [-0.4, -0.2) is 44.3 Å². The van der Waals surface area contributed by atoms with Crippen molar-refractivity contribution < 1.29 is 22.9 Å². The maximum absolute atomic E-state index is 12.1. The average molecular weight is 323 g/mol. The van der Waals surface area contributed by atoms with Crippen molar-refractivity contribution in [3.05, 3.63) is 33.3 Å². The smallest absolute Gasteiger partial charge is 0.321 e. The number of sulfonamides is 1. The van der Waals surface area contributed by atoms with E-state index in [1.165, 1.54) is 0 Å². The van der Waals surface area contributed by atoms with Crippen LogP contribution >= 0.6 is 11.6 Å². The fourth-order valence-electron chi connectivity index (χ4n) is 1.30. The second kappa shape index (κ2) is 6.16. The van der Waals surface area contributed by atoms with Crippen molar-refractivity contribution in [1.82, 2.24) is 4.31 Å². The van der Waals surface area contributed by atoms with Crippen LogP contribution in [0.3, 0.4) is 0 Å². The van der Waals surface area contributed by atoms with Crippen molar-refractivity contribution in [2.75, 3.05) is 20.7 Å². The van der Waals surface area contributed by atoms with Crippen LogP contribution in [0, 0.1) is 10.1 Å². The van der Waals surface area contributed by atoms with Gasteiger partial charge in [-0.2, -0.15) is 4.31 Å². The summed E-state index contributed by atoms with van der Waals surface area (Å²) in [5.74, 6) is -0.750. The number of ether oxygens (including phenoxy) is 1. The lowest BCUT2D eigenvalue weighted by Gasteiger charge is -2.15. The van der Waals surface area contributed by atoms with E-state index in [0.29, 0.717) is 0 Å². The lowest BCUT2D eigenvalue weighted by molar-refractivity contribution is -0.384. The van der Waals surface area contributed by atoms with Gasteiger partial charge in [0, 0.05) is 13.1 Å². The van der Waals surface area contributed by atoms with Gasteiger partial charge in [0.15, 0.2) is 0 Å². The Hall–Kier alpha value is -1.71. The molecule has 10 heteroatoms. The second-order valence-electron chi connectivity index (χ2n) is 3.71. The molecule has 8 nitrogen and oxygen atoms in total. The van der Waals surface area contributed by atoms with Crippen LogP contribution < -0.4 is 0 Å². The van der Waals surface area contributed by atoms with E-state index in [-0.39, 0.29) is 9.92 Å². The lowest BCUT2D eigenvalue weighted by Crippen LogP contribution is -2.32. The molecule has 0 saturated carbocycles. The van der Waals surface area contributed by atoms with E-state index in [0.717, 1.165) is 36.7 Å². The minimum absolute atomic E-state index is 0.176. The van der Waals surface area contributed by atoms with Gasteiger partial charge in [0.2, 0.25) is 10.0 Å². The summed E-state index contributed by atoms with van der Waals surface area (Å²) >= 11 is 5.60. The maximum Gasteiger partial charge on any atom is 0.321 e. The molecule has 0 unspecified atom stereocenters. The molecule has 0 aliphatic heterocycles. The number of likely N-dealkylation sites (N-methyl/N-ethyl adjacent to an activating group) is 1. The van der Waals surface area contributed by atoms with E-state index in [1.54, 1.807) is 0 Å². The normalized spacial score (nSPS) is 11.4. The van der Waals surface area contributed by atoms with Crippen molar-refractivity contribution in [2.24, 2.45) is 0 Å². The fraction of sp³-hybridized carbons (Fsp3) is 0.300. The van der Waals surface area contributed by atoms with E-state index in [4.69, 9.17) is 11.6 Å². The standard InChI is InChI=1S/C10H11ClN2O6S/c1-12(6-10(14)19-2)20(17,18)7-3-4-8(11)9(5-7)13(15)16/h3-5H,6H2,1-2H3. The SMILES string of the molecule is COC(=O)CN(C)S(=O)(=O)c1ccc(Cl)c([N+](=O)[O-])c1. The topological polar surface area (TPSA) is 107 Å². The molecule has 0 N–H and O–H groups in total. The number of rotatable bonds is 5. The zero-order valence-corrected chi connectivity index (χ0v) is 12.1. The van der Waals surface area contributed by atoms with Gasteiger partial charge in [-0.1, -0.05) is 11.6 Å². The van der Waals surface area contributed by atoms with Crippen LogP contribution in [0.25, 0.3) is 0 Å². The fourth-order valence-corrected chi connectivity index (χ4v) is 2.63. The highest BCUT2D eigenvalue weighted by atomic mass is 35.5.